The zero-order valence-electron chi connectivity index (χ0n) is 21.1. The van der Waals surface area contributed by atoms with E-state index in [2.05, 4.69) is 20.7 Å². The number of nitrogens with one attached hydrogen (secondary N) is 2. The van der Waals surface area contributed by atoms with Crippen molar-refractivity contribution >= 4 is 29.1 Å². The Morgan fingerprint density at radius 3 is 2.61 bits per heavy atom. The van der Waals surface area contributed by atoms with Crippen molar-refractivity contribution in [2.45, 2.75) is 19.6 Å². The third-order valence-corrected chi connectivity index (χ3v) is 6.47. The van der Waals surface area contributed by atoms with Crippen molar-refractivity contribution < 1.29 is 19.0 Å². The van der Waals surface area contributed by atoms with Gasteiger partial charge in [-0.15, -0.1) is 0 Å². The third kappa shape index (κ3) is 5.01. The number of fused-ring (bicyclic) bond motifs is 1. The van der Waals surface area contributed by atoms with Gasteiger partial charge >= 0.3 is 0 Å². The fourth-order valence-corrected chi connectivity index (χ4v) is 4.48. The molecule has 0 saturated carbocycles. The predicted molar refractivity (Wildman–Crippen MR) is 145 cm³/mol. The monoisotopic (exact) mass is 531 g/mol. The molecule has 1 atom stereocenters. The largest absolute Gasteiger partial charge is 0.497 e. The predicted octanol–water partition coefficient (Wildman–Crippen LogP) is 5.46. The molecule has 0 saturated heterocycles. The van der Waals surface area contributed by atoms with E-state index < -0.39 is 6.04 Å². The van der Waals surface area contributed by atoms with Gasteiger partial charge in [0.2, 0.25) is 5.95 Å². The van der Waals surface area contributed by atoms with Gasteiger partial charge in [-0.3, -0.25) is 4.79 Å². The maximum absolute atomic E-state index is 13.9. The van der Waals surface area contributed by atoms with Crippen LogP contribution >= 0.6 is 11.6 Å². The number of aromatic nitrogens is 3. The molecule has 4 aromatic rings. The van der Waals surface area contributed by atoms with Crippen LogP contribution in [-0.2, 0) is 11.4 Å². The van der Waals surface area contributed by atoms with E-state index in [9.17, 15) is 4.79 Å². The zero-order chi connectivity index (χ0) is 26.6. The number of methoxy groups -OCH3 is 2. The summed E-state index contributed by atoms with van der Waals surface area (Å²) in [5.41, 5.74) is 3.30. The van der Waals surface area contributed by atoms with E-state index in [4.69, 9.17) is 25.8 Å². The molecule has 194 valence electrons. The van der Waals surface area contributed by atoms with E-state index in [1.54, 1.807) is 37.1 Å². The minimum Gasteiger partial charge on any atom is -0.497 e. The zero-order valence-corrected chi connectivity index (χ0v) is 21.8. The van der Waals surface area contributed by atoms with Crippen LogP contribution in [0, 0.1) is 0 Å². The molecular formula is C28H26ClN5O4. The second-order valence-electron chi connectivity index (χ2n) is 8.57. The molecule has 1 amide bonds. The normalized spacial score (nSPS) is 14.4. The summed E-state index contributed by atoms with van der Waals surface area (Å²) in [6.45, 7) is 2.16. The van der Waals surface area contributed by atoms with Crippen LogP contribution in [0.1, 0.15) is 24.1 Å². The molecule has 0 unspecified atom stereocenters. The lowest BCUT2D eigenvalue weighted by Crippen LogP contribution is -2.31. The van der Waals surface area contributed by atoms with E-state index in [1.165, 1.54) is 6.33 Å². The van der Waals surface area contributed by atoms with Crippen LogP contribution < -0.4 is 24.8 Å². The van der Waals surface area contributed by atoms with Crippen LogP contribution in [-0.4, -0.2) is 34.9 Å². The quantitative estimate of drug-likeness (QED) is 0.311. The Morgan fingerprint density at radius 2 is 1.84 bits per heavy atom. The Morgan fingerprint density at radius 1 is 1.05 bits per heavy atom. The van der Waals surface area contributed by atoms with Crippen molar-refractivity contribution in [1.82, 2.24) is 14.8 Å². The molecule has 0 radical (unpaired) electrons. The molecule has 3 aromatic carbocycles. The molecule has 1 aliphatic heterocycles. The van der Waals surface area contributed by atoms with Gasteiger partial charge in [-0.05, 0) is 42.8 Å². The number of anilines is 2. The topological polar surface area (TPSA) is 99.5 Å². The van der Waals surface area contributed by atoms with Gasteiger partial charge in [0, 0.05) is 22.3 Å². The summed E-state index contributed by atoms with van der Waals surface area (Å²) < 4.78 is 18.7. The van der Waals surface area contributed by atoms with Gasteiger partial charge in [0.05, 0.1) is 25.5 Å². The number of halogens is 1. The van der Waals surface area contributed by atoms with E-state index in [0.29, 0.717) is 51.8 Å². The number of para-hydroxylation sites is 1. The van der Waals surface area contributed by atoms with Gasteiger partial charge in [0.1, 0.15) is 36.2 Å². The van der Waals surface area contributed by atoms with Gasteiger partial charge in [0.15, 0.2) is 0 Å². The molecule has 5 rings (SSSR count). The van der Waals surface area contributed by atoms with Crippen molar-refractivity contribution in [3.63, 3.8) is 0 Å². The van der Waals surface area contributed by atoms with Crippen LogP contribution in [0.25, 0.3) is 0 Å². The smallest absolute Gasteiger partial charge is 0.255 e. The number of carbonyl (C=O) groups is 1. The molecule has 0 fully saturated rings. The minimum absolute atomic E-state index is 0.328. The highest BCUT2D eigenvalue weighted by Gasteiger charge is 2.35. The van der Waals surface area contributed by atoms with Crippen molar-refractivity contribution in [3.8, 4) is 17.2 Å². The number of amides is 1. The Kier molecular flexibility index (Phi) is 7.19. The van der Waals surface area contributed by atoms with Gasteiger partial charge in [0.25, 0.3) is 5.91 Å². The van der Waals surface area contributed by atoms with Crippen molar-refractivity contribution in [2.75, 3.05) is 24.9 Å². The first kappa shape index (κ1) is 25.2. The summed E-state index contributed by atoms with van der Waals surface area (Å²) in [6.07, 6.45) is 1.45. The SMILES string of the molecule is COc1ccc(OC)c(NC(=O)C2=C(C)Nc3ncnn3[C@H]2c2ccccc2OCc2ccc(Cl)cc2)c1. The van der Waals surface area contributed by atoms with E-state index in [0.717, 1.165) is 11.1 Å². The van der Waals surface area contributed by atoms with Gasteiger partial charge in [-0.1, -0.05) is 41.9 Å². The van der Waals surface area contributed by atoms with Crippen LogP contribution in [0.15, 0.2) is 84.3 Å². The summed E-state index contributed by atoms with van der Waals surface area (Å²) in [7, 11) is 3.11. The number of allylic oxidation sites excluding steroid dienone is 1. The molecule has 0 aliphatic carbocycles. The first-order valence-corrected chi connectivity index (χ1v) is 12.2. The molecule has 1 aliphatic rings. The average molecular weight is 532 g/mol. The van der Waals surface area contributed by atoms with Crippen molar-refractivity contribution in [1.29, 1.82) is 0 Å². The number of hydrogen-bond donors (Lipinski definition) is 2. The van der Waals surface area contributed by atoms with E-state index >= 15 is 0 Å². The second kappa shape index (κ2) is 10.9. The number of hydrogen-bond acceptors (Lipinski definition) is 7. The summed E-state index contributed by atoms with van der Waals surface area (Å²) in [5.74, 6) is 1.90. The lowest BCUT2D eigenvalue weighted by molar-refractivity contribution is -0.113. The highest BCUT2D eigenvalue weighted by Crippen LogP contribution is 2.40. The van der Waals surface area contributed by atoms with Crippen molar-refractivity contribution in [3.05, 3.63) is 100 Å². The third-order valence-electron chi connectivity index (χ3n) is 6.22. The van der Waals surface area contributed by atoms with Gasteiger partial charge < -0.3 is 24.8 Å². The lowest BCUT2D eigenvalue weighted by atomic mass is 9.94. The maximum atomic E-state index is 13.9. The van der Waals surface area contributed by atoms with E-state index in [1.807, 2.05) is 55.5 Å². The molecule has 10 heteroatoms. The minimum atomic E-state index is -0.605. The summed E-state index contributed by atoms with van der Waals surface area (Å²) in [5, 5.41) is 11.3. The fourth-order valence-electron chi connectivity index (χ4n) is 4.35. The van der Waals surface area contributed by atoms with Crippen LogP contribution in [0.4, 0.5) is 11.6 Å². The number of benzene rings is 3. The molecule has 2 N–H and O–H groups in total. The highest BCUT2D eigenvalue weighted by molar-refractivity contribution is 6.30. The Bertz CT molecular complexity index is 1500. The second-order valence-corrected chi connectivity index (χ2v) is 9.00. The molecule has 0 spiro atoms. The summed E-state index contributed by atoms with van der Waals surface area (Å²) in [4.78, 5) is 18.2. The summed E-state index contributed by atoms with van der Waals surface area (Å²) >= 11 is 6.03. The van der Waals surface area contributed by atoms with Gasteiger partial charge in [-0.2, -0.15) is 10.1 Å². The average Bonchev–Trinajstić information content (AvgIpc) is 3.40. The molecule has 9 nitrogen and oxygen atoms in total. The van der Waals surface area contributed by atoms with Crippen molar-refractivity contribution in [2.24, 2.45) is 0 Å². The standard InChI is InChI=1S/C28H26ClN5O4/c1-17-25(27(35)33-22-14-20(36-2)12-13-24(22)37-3)26(34-28(32-17)30-16-31-34)21-6-4-5-7-23(21)38-15-18-8-10-19(29)11-9-18/h4-14,16,26H,15H2,1-3H3,(H,33,35)(H,30,31,32)/t26-/m0/s1. The molecule has 38 heavy (non-hydrogen) atoms. The first-order chi connectivity index (χ1) is 18.5. The lowest BCUT2D eigenvalue weighted by Gasteiger charge is -2.30. The number of carbonyl (C=O) groups excluding carboxylic acids is 1. The number of nitrogens with zero attached hydrogens (tertiary/aromatic N) is 3. The molecule has 2 heterocycles. The Balaban J connectivity index is 1.52. The number of rotatable bonds is 8. The Labute approximate surface area is 225 Å². The first-order valence-electron chi connectivity index (χ1n) is 11.9. The fraction of sp³-hybridized carbons (Fsp3) is 0.179. The Hall–Kier alpha value is -4.50. The molecular weight excluding hydrogens is 506 g/mol. The van der Waals surface area contributed by atoms with E-state index in [-0.39, 0.29) is 5.91 Å². The molecule has 1 aromatic heterocycles. The molecule has 0 bridgehead atoms. The number of ether oxygens (including phenoxy) is 3. The maximum Gasteiger partial charge on any atom is 0.255 e. The highest BCUT2D eigenvalue weighted by atomic mass is 35.5. The van der Waals surface area contributed by atoms with Gasteiger partial charge in [-0.25, -0.2) is 4.68 Å². The van der Waals surface area contributed by atoms with Crippen LogP contribution in [0.2, 0.25) is 5.02 Å². The summed E-state index contributed by atoms with van der Waals surface area (Å²) in [6, 6.07) is 19.7. The van der Waals surface area contributed by atoms with Crippen LogP contribution in [0.3, 0.4) is 0 Å². The van der Waals surface area contributed by atoms with Crippen LogP contribution in [0.5, 0.6) is 17.2 Å².